The van der Waals surface area contributed by atoms with Crippen LogP contribution in [0.5, 0.6) is 0 Å². The van der Waals surface area contributed by atoms with E-state index in [9.17, 15) is 9.59 Å². The first-order valence-corrected chi connectivity index (χ1v) is 9.36. The number of hydrogen-bond donors (Lipinski definition) is 1. The van der Waals surface area contributed by atoms with Gasteiger partial charge in [-0.2, -0.15) is 5.10 Å². The average molecular weight is 378 g/mol. The van der Waals surface area contributed by atoms with Gasteiger partial charge in [-0.15, -0.1) is 0 Å². The number of amides is 2. The van der Waals surface area contributed by atoms with E-state index in [1.807, 2.05) is 46.0 Å². The maximum absolute atomic E-state index is 12.9. The average Bonchev–Trinajstić information content (AvgIpc) is 3.39. The van der Waals surface area contributed by atoms with Crippen molar-refractivity contribution in [2.75, 3.05) is 18.4 Å². The Bertz CT molecular complexity index is 969. The molecule has 7 nitrogen and oxygen atoms in total. The van der Waals surface area contributed by atoms with Crippen LogP contribution in [0.15, 0.2) is 59.3 Å². The van der Waals surface area contributed by atoms with Gasteiger partial charge >= 0.3 is 0 Å². The highest BCUT2D eigenvalue weighted by molar-refractivity contribution is 5.95. The SMILES string of the molecule is CC(=O)Nc1ccnn1C1CCN(C(=O)c2cccc(-c3ccco3)c2)CC1. The lowest BCUT2D eigenvalue weighted by Crippen LogP contribution is -2.39. The predicted molar refractivity (Wildman–Crippen MR) is 105 cm³/mol. The molecular weight excluding hydrogens is 356 g/mol. The second kappa shape index (κ2) is 7.72. The van der Waals surface area contributed by atoms with Crippen LogP contribution in [-0.2, 0) is 4.79 Å². The maximum Gasteiger partial charge on any atom is 0.253 e. The number of anilines is 1. The molecule has 4 rings (SSSR count). The van der Waals surface area contributed by atoms with Crippen LogP contribution in [0, 0.1) is 0 Å². The van der Waals surface area contributed by atoms with Gasteiger partial charge in [-0.05, 0) is 37.1 Å². The maximum atomic E-state index is 12.9. The summed E-state index contributed by atoms with van der Waals surface area (Å²) in [6.07, 6.45) is 4.89. The zero-order valence-electron chi connectivity index (χ0n) is 15.7. The fourth-order valence-corrected chi connectivity index (χ4v) is 3.63. The van der Waals surface area contributed by atoms with E-state index in [1.54, 1.807) is 18.5 Å². The summed E-state index contributed by atoms with van der Waals surface area (Å²) in [5.41, 5.74) is 1.55. The standard InChI is InChI=1S/C21H22N4O3/c1-15(26)23-20-7-10-22-25(20)18-8-11-24(12-9-18)21(27)17-5-2-4-16(14-17)19-6-3-13-28-19/h2-7,10,13-14,18H,8-9,11-12H2,1H3,(H,23,26). The Balaban J connectivity index is 1.43. The molecule has 0 saturated carbocycles. The van der Waals surface area contributed by atoms with Gasteiger partial charge in [0.2, 0.25) is 5.91 Å². The summed E-state index contributed by atoms with van der Waals surface area (Å²) in [6, 6.07) is 13.2. The van der Waals surface area contributed by atoms with E-state index in [0.717, 1.165) is 24.2 Å². The Morgan fingerprint density at radius 2 is 1.96 bits per heavy atom. The number of nitrogens with zero attached hydrogens (tertiary/aromatic N) is 3. The molecule has 3 heterocycles. The van der Waals surface area contributed by atoms with E-state index in [4.69, 9.17) is 4.42 Å². The summed E-state index contributed by atoms with van der Waals surface area (Å²) in [7, 11) is 0. The van der Waals surface area contributed by atoms with Crippen molar-refractivity contribution in [1.82, 2.24) is 14.7 Å². The van der Waals surface area contributed by atoms with Gasteiger partial charge in [-0.1, -0.05) is 12.1 Å². The van der Waals surface area contributed by atoms with E-state index >= 15 is 0 Å². The summed E-state index contributed by atoms with van der Waals surface area (Å²) in [6.45, 7) is 2.77. The van der Waals surface area contributed by atoms with Gasteiger partial charge in [0.05, 0.1) is 18.5 Å². The van der Waals surface area contributed by atoms with Crippen LogP contribution in [-0.4, -0.2) is 39.6 Å². The lowest BCUT2D eigenvalue weighted by atomic mass is 10.0. The molecule has 1 fully saturated rings. The van der Waals surface area contributed by atoms with Crippen molar-refractivity contribution in [3.63, 3.8) is 0 Å². The van der Waals surface area contributed by atoms with Crippen molar-refractivity contribution in [3.05, 3.63) is 60.5 Å². The highest BCUT2D eigenvalue weighted by atomic mass is 16.3. The second-order valence-corrected chi connectivity index (χ2v) is 6.92. The van der Waals surface area contributed by atoms with Crippen molar-refractivity contribution in [2.24, 2.45) is 0 Å². The molecule has 1 aliphatic heterocycles. The third-order valence-corrected chi connectivity index (χ3v) is 4.99. The summed E-state index contributed by atoms with van der Waals surface area (Å²) < 4.78 is 7.28. The summed E-state index contributed by atoms with van der Waals surface area (Å²) >= 11 is 0. The van der Waals surface area contributed by atoms with E-state index < -0.39 is 0 Å². The van der Waals surface area contributed by atoms with E-state index in [0.29, 0.717) is 24.5 Å². The van der Waals surface area contributed by atoms with Crippen LogP contribution in [0.25, 0.3) is 11.3 Å². The third-order valence-electron chi connectivity index (χ3n) is 4.99. The number of benzene rings is 1. The molecule has 0 bridgehead atoms. The number of carbonyl (C=O) groups is 2. The largest absolute Gasteiger partial charge is 0.464 e. The lowest BCUT2D eigenvalue weighted by molar-refractivity contribution is -0.114. The molecule has 2 aromatic heterocycles. The van der Waals surface area contributed by atoms with Crippen LogP contribution in [0.1, 0.15) is 36.2 Å². The number of piperidine rings is 1. The molecule has 1 aliphatic rings. The summed E-state index contributed by atoms with van der Waals surface area (Å²) in [4.78, 5) is 26.2. The monoisotopic (exact) mass is 378 g/mol. The first-order chi connectivity index (χ1) is 13.6. The topological polar surface area (TPSA) is 80.4 Å². The van der Waals surface area contributed by atoms with Crippen LogP contribution in [0.4, 0.5) is 5.82 Å². The summed E-state index contributed by atoms with van der Waals surface area (Å²) in [5, 5.41) is 7.15. The number of nitrogens with one attached hydrogen (secondary N) is 1. The molecule has 0 unspecified atom stereocenters. The zero-order valence-corrected chi connectivity index (χ0v) is 15.7. The van der Waals surface area contributed by atoms with Crippen LogP contribution in [0.2, 0.25) is 0 Å². The molecule has 7 heteroatoms. The number of furan rings is 1. The first kappa shape index (κ1) is 18.0. The van der Waals surface area contributed by atoms with E-state index in [1.165, 1.54) is 6.92 Å². The minimum Gasteiger partial charge on any atom is -0.464 e. The van der Waals surface area contributed by atoms with E-state index in [2.05, 4.69) is 10.4 Å². The number of rotatable bonds is 4. The molecule has 2 amide bonds. The lowest BCUT2D eigenvalue weighted by Gasteiger charge is -2.32. The minimum absolute atomic E-state index is 0.0226. The highest BCUT2D eigenvalue weighted by Gasteiger charge is 2.26. The minimum atomic E-state index is -0.120. The number of carbonyl (C=O) groups excluding carboxylic acids is 2. The van der Waals surface area contributed by atoms with Crippen molar-refractivity contribution >= 4 is 17.6 Å². The molecule has 144 valence electrons. The van der Waals surface area contributed by atoms with Crippen molar-refractivity contribution in [3.8, 4) is 11.3 Å². The second-order valence-electron chi connectivity index (χ2n) is 6.92. The first-order valence-electron chi connectivity index (χ1n) is 9.36. The Hall–Kier alpha value is -3.35. The molecule has 1 saturated heterocycles. The van der Waals surface area contributed by atoms with Gasteiger partial charge in [-0.25, -0.2) is 4.68 Å². The summed E-state index contributed by atoms with van der Waals surface area (Å²) in [5.74, 6) is 1.35. The van der Waals surface area contributed by atoms with E-state index in [-0.39, 0.29) is 17.9 Å². The molecule has 0 atom stereocenters. The Labute approximate surface area is 162 Å². The highest BCUT2D eigenvalue weighted by Crippen LogP contribution is 2.27. The molecule has 1 N–H and O–H groups in total. The quantitative estimate of drug-likeness (QED) is 0.752. The number of likely N-dealkylation sites (tertiary alicyclic amines) is 1. The predicted octanol–water partition coefficient (Wildman–Crippen LogP) is 3.58. The molecule has 0 radical (unpaired) electrons. The molecule has 28 heavy (non-hydrogen) atoms. The van der Waals surface area contributed by atoms with Gasteiger partial charge in [0.25, 0.3) is 5.91 Å². The van der Waals surface area contributed by atoms with Gasteiger partial charge in [-0.3, -0.25) is 9.59 Å². The number of hydrogen-bond acceptors (Lipinski definition) is 4. The van der Waals surface area contributed by atoms with Gasteiger partial charge in [0.1, 0.15) is 11.6 Å². The molecule has 1 aromatic carbocycles. The Morgan fingerprint density at radius 3 is 2.68 bits per heavy atom. The van der Waals surface area contributed by atoms with Gasteiger partial charge < -0.3 is 14.6 Å². The molecule has 0 spiro atoms. The molecular formula is C21H22N4O3. The Morgan fingerprint density at radius 1 is 1.14 bits per heavy atom. The van der Waals surface area contributed by atoms with Crippen LogP contribution < -0.4 is 5.32 Å². The fraction of sp³-hybridized carbons (Fsp3) is 0.286. The normalized spacial score (nSPS) is 14.8. The van der Waals surface area contributed by atoms with Crippen LogP contribution in [0.3, 0.4) is 0 Å². The zero-order chi connectivity index (χ0) is 19.5. The van der Waals surface area contributed by atoms with Gasteiger partial charge in [0.15, 0.2) is 0 Å². The smallest absolute Gasteiger partial charge is 0.253 e. The van der Waals surface area contributed by atoms with Crippen molar-refractivity contribution in [1.29, 1.82) is 0 Å². The van der Waals surface area contributed by atoms with Crippen molar-refractivity contribution < 1.29 is 14.0 Å². The third kappa shape index (κ3) is 3.69. The van der Waals surface area contributed by atoms with Crippen LogP contribution >= 0.6 is 0 Å². The molecule has 0 aliphatic carbocycles. The van der Waals surface area contributed by atoms with Gasteiger partial charge in [0, 0.05) is 37.2 Å². The molecule has 3 aromatic rings. The number of aromatic nitrogens is 2. The Kier molecular flexibility index (Phi) is 4.97. The fourth-order valence-electron chi connectivity index (χ4n) is 3.63. The van der Waals surface area contributed by atoms with Crippen molar-refractivity contribution in [2.45, 2.75) is 25.8 Å².